The Morgan fingerprint density at radius 2 is 2.12 bits per heavy atom. The molecular weight excluding hydrogens is 292 g/mol. The predicted octanol–water partition coefficient (Wildman–Crippen LogP) is 1.92. The first-order valence-corrected chi connectivity index (χ1v) is 7.24. The molecule has 1 aromatic rings. The predicted molar refractivity (Wildman–Crippen MR) is 67.0 cm³/mol. The molecule has 1 atom stereocenters. The maximum absolute atomic E-state index is 12.0. The Balaban J connectivity index is 2.98. The van der Waals surface area contributed by atoms with Crippen molar-refractivity contribution in [3.05, 3.63) is 24.5 Å². The van der Waals surface area contributed by atoms with Gasteiger partial charge in [-0.2, -0.15) is 0 Å². The smallest absolute Gasteiger partial charge is 0.242 e. The van der Waals surface area contributed by atoms with E-state index < -0.39 is 15.6 Å². The molecule has 1 rings (SSSR count). The summed E-state index contributed by atoms with van der Waals surface area (Å²) in [5.41, 5.74) is -0.561. The van der Waals surface area contributed by atoms with Gasteiger partial charge in [0.2, 0.25) is 10.0 Å². The molecule has 0 aliphatic carbocycles. The van der Waals surface area contributed by atoms with E-state index in [9.17, 15) is 8.42 Å². The SMILES string of the molecule is CC(Br)C(C)(C)NS(=O)(=O)c1cccnc1. The van der Waals surface area contributed by atoms with Gasteiger partial charge < -0.3 is 0 Å². The molecule has 1 heterocycles. The van der Waals surface area contributed by atoms with Crippen molar-refractivity contribution >= 4 is 26.0 Å². The number of hydrogen-bond donors (Lipinski definition) is 1. The van der Waals surface area contributed by atoms with Gasteiger partial charge in [0.05, 0.1) is 0 Å². The molecule has 0 amide bonds. The summed E-state index contributed by atoms with van der Waals surface area (Å²) in [6.45, 7) is 5.53. The number of aromatic nitrogens is 1. The van der Waals surface area contributed by atoms with E-state index in [0.717, 1.165) is 0 Å². The second-order valence-corrected chi connectivity index (χ2v) is 7.19. The van der Waals surface area contributed by atoms with Crippen molar-refractivity contribution in [3.63, 3.8) is 0 Å². The number of nitrogens with zero attached hydrogens (tertiary/aromatic N) is 1. The highest BCUT2D eigenvalue weighted by molar-refractivity contribution is 9.09. The second-order valence-electron chi connectivity index (χ2n) is 4.13. The summed E-state index contributed by atoms with van der Waals surface area (Å²) in [5.74, 6) is 0. The van der Waals surface area contributed by atoms with Gasteiger partial charge >= 0.3 is 0 Å². The third-order valence-corrected chi connectivity index (χ3v) is 5.14. The lowest BCUT2D eigenvalue weighted by Gasteiger charge is -2.28. The normalized spacial score (nSPS) is 14.8. The highest BCUT2D eigenvalue weighted by Crippen LogP contribution is 2.19. The zero-order valence-corrected chi connectivity index (χ0v) is 11.8. The third kappa shape index (κ3) is 3.26. The lowest BCUT2D eigenvalue weighted by atomic mass is 10.0. The van der Waals surface area contributed by atoms with Crippen LogP contribution < -0.4 is 4.72 Å². The number of halogens is 1. The molecule has 1 aromatic heterocycles. The van der Waals surface area contributed by atoms with E-state index in [1.807, 2.05) is 20.8 Å². The van der Waals surface area contributed by atoms with Crippen molar-refractivity contribution in [2.24, 2.45) is 0 Å². The summed E-state index contributed by atoms with van der Waals surface area (Å²) in [5, 5.41) is 0. The molecule has 0 aliphatic heterocycles. The van der Waals surface area contributed by atoms with Gasteiger partial charge in [-0.1, -0.05) is 22.9 Å². The fourth-order valence-corrected chi connectivity index (χ4v) is 2.70. The molecular formula is C10H15BrN2O2S. The summed E-state index contributed by atoms with van der Waals surface area (Å²) in [4.78, 5) is 3.99. The van der Waals surface area contributed by atoms with Crippen LogP contribution in [-0.4, -0.2) is 23.8 Å². The van der Waals surface area contributed by atoms with Gasteiger partial charge in [0.1, 0.15) is 4.90 Å². The lowest BCUT2D eigenvalue weighted by molar-refractivity contribution is 0.454. The Morgan fingerprint density at radius 3 is 2.56 bits per heavy atom. The average molecular weight is 307 g/mol. The number of pyridine rings is 1. The Labute approximate surface area is 105 Å². The van der Waals surface area contributed by atoms with Crippen LogP contribution in [0, 0.1) is 0 Å². The maximum atomic E-state index is 12.0. The third-order valence-electron chi connectivity index (χ3n) is 2.34. The van der Waals surface area contributed by atoms with Gasteiger partial charge in [-0.15, -0.1) is 0 Å². The van der Waals surface area contributed by atoms with E-state index in [2.05, 4.69) is 25.6 Å². The lowest BCUT2D eigenvalue weighted by Crippen LogP contribution is -2.48. The number of alkyl halides is 1. The Hall–Kier alpha value is -0.460. The van der Waals surface area contributed by atoms with E-state index >= 15 is 0 Å². The molecule has 0 aliphatic rings. The van der Waals surface area contributed by atoms with Crippen molar-refractivity contribution in [1.82, 2.24) is 9.71 Å². The van der Waals surface area contributed by atoms with Crippen LogP contribution in [0.4, 0.5) is 0 Å². The maximum Gasteiger partial charge on any atom is 0.242 e. The minimum atomic E-state index is -3.51. The fraction of sp³-hybridized carbons (Fsp3) is 0.500. The second kappa shape index (κ2) is 4.81. The minimum absolute atomic E-state index is 0.0199. The van der Waals surface area contributed by atoms with E-state index in [-0.39, 0.29) is 9.72 Å². The number of hydrogen-bond acceptors (Lipinski definition) is 3. The largest absolute Gasteiger partial charge is 0.263 e. The van der Waals surface area contributed by atoms with Gasteiger partial charge in [0.15, 0.2) is 0 Å². The van der Waals surface area contributed by atoms with Crippen LogP contribution in [-0.2, 0) is 10.0 Å². The highest BCUT2D eigenvalue weighted by Gasteiger charge is 2.30. The number of rotatable bonds is 4. The molecule has 0 bridgehead atoms. The molecule has 4 nitrogen and oxygen atoms in total. The summed E-state index contributed by atoms with van der Waals surface area (Å²) in [7, 11) is -3.51. The van der Waals surface area contributed by atoms with Crippen molar-refractivity contribution in [1.29, 1.82) is 0 Å². The molecule has 0 fully saturated rings. The fourth-order valence-electron chi connectivity index (χ4n) is 0.992. The zero-order chi connectivity index (χ0) is 12.4. The van der Waals surface area contributed by atoms with Crippen LogP contribution in [0.5, 0.6) is 0 Å². The van der Waals surface area contributed by atoms with Crippen LogP contribution in [0.3, 0.4) is 0 Å². The number of sulfonamides is 1. The van der Waals surface area contributed by atoms with E-state index in [1.54, 1.807) is 6.07 Å². The summed E-state index contributed by atoms with van der Waals surface area (Å²) < 4.78 is 26.6. The Kier molecular flexibility index (Phi) is 4.09. The summed E-state index contributed by atoms with van der Waals surface area (Å²) in [6.07, 6.45) is 2.87. The van der Waals surface area contributed by atoms with Crippen molar-refractivity contribution < 1.29 is 8.42 Å². The monoisotopic (exact) mass is 306 g/mol. The van der Waals surface area contributed by atoms with Gasteiger partial charge in [0, 0.05) is 22.8 Å². The van der Waals surface area contributed by atoms with Crippen molar-refractivity contribution in [2.45, 2.75) is 36.0 Å². The van der Waals surface area contributed by atoms with Crippen LogP contribution in [0.25, 0.3) is 0 Å². The van der Waals surface area contributed by atoms with Gasteiger partial charge in [0.25, 0.3) is 0 Å². The van der Waals surface area contributed by atoms with Crippen LogP contribution in [0.2, 0.25) is 0 Å². The standard InChI is InChI=1S/C10H15BrN2O2S/c1-8(11)10(2,3)13-16(14,15)9-5-4-6-12-7-9/h4-8,13H,1-3H3. The van der Waals surface area contributed by atoms with Gasteiger partial charge in [-0.25, -0.2) is 13.1 Å². The molecule has 90 valence electrons. The molecule has 0 spiro atoms. The molecule has 1 N–H and O–H groups in total. The van der Waals surface area contributed by atoms with Crippen LogP contribution in [0.15, 0.2) is 29.4 Å². The summed E-state index contributed by atoms with van der Waals surface area (Å²) in [6, 6.07) is 3.11. The van der Waals surface area contributed by atoms with Crippen LogP contribution >= 0.6 is 15.9 Å². The molecule has 1 unspecified atom stereocenters. The van der Waals surface area contributed by atoms with Gasteiger partial charge in [-0.3, -0.25) is 4.98 Å². The first kappa shape index (κ1) is 13.6. The van der Waals surface area contributed by atoms with Crippen LogP contribution in [0.1, 0.15) is 20.8 Å². The molecule has 0 saturated heterocycles. The summed E-state index contributed by atoms with van der Waals surface area (Å²) >= 11 is 3.38. The minimum Gasteiger partial charge on any atom is -0.263 e. The number of nitrogens with one attached hydrogen (secondary N) is 1. The Bertz CT molecular complexity index is 443. The molecule has 16 heavy (non-hydrogen) atoms. The van der Waals surface area contributed by atoms with Crippen molar-refractivity contribution in [3.8, 4) is 0 Å². The van der Waals surface area contributed by atoms with E-state index in [4.69, 9.17) is 0 Å². The first-order valence-electron chi connectivity index (χ1n) is 4.84. The molecule has 0 saturated carbocycles. The molecule has 0 radical (unpaired) electrons. The first-order chi connectivity index (χ1) is 7.26. The molecule has 0 aromatic carbocycles. The topological polar surface area (TPSA) is 59.1 Å². The highest BCUT2D eigenvalue weighted by atomic mass is 79.9. The van der Waals surface area contributed by atoms with E-state index in [0.29, 0.717) is 0 Å². The van der Waals surface area contributed by atoms with E-state index in [1.165, 1.54) is 18.5 Å². The quantitative estimate of drug-likeness (QED) is 0.865. The average Bonchev–Trinajstić information content (AvgIpc) is 2.17. The van der Waals surface area contributed by atoms with Crippen molar-refractivity contribution in [2.75, 3.05) is 0 Å². The Morgan fingerprint density at radius 1 is 1.50 bits per heavy atom. The zero-order valence-electron chi connectivity index (χ0n) is 9.44. The molecule has 6 heteroatoms. The van der Waals surface area contributed by atoms with Gasteiger partial charge in [-0.05, 0) is 26.0 Å².